The lowest BCUT2D eigenvalue weighted by atomic mass is 10.4. The largest absolute Gasteiger partial charge is 0.335 e. The van der Waals surface area contributed by atoms with Crippen LogP contribution in [0.5, 0.6) is 0 Å². The lowest BCUT2D eigenvalue weighted by Crippen LogP contribution is -2.31. The van der Waals surface area contributed by atoms with Crippen molar-refractivity contribution in [3.05, 3.63) is 0 Å². The smallest absolute Gasteiger partial charge is 0.284 e. The van der Waals surface area contributed by atoms with Crippen molar-refractivity contribution in [1.29, 1.82) is 0 Å². The van der Waals surface area contributed by atoms with Crippen molar-refractivity contribution in [3.63, 3.8) is 0 Å². The third kappa shape index (κ3) is 8.04. The highest BCUT2D eigenvalue weighted by atomic mass is 16.9. The summed E-state index contributed by atoms with van der Waals surface area (Å²) in [4.78, 5) is 33.0. The molecule has 0 atom stereocenters. The Hall–Kier alpha value is -1.83. The van der Waals surface area contributed by atoms with E-state index in [0.717, 1.165) is 36.1 Å². The van der Waals surface area contributed by atoms with E-state index in [1.165, 1.54) is 28.4 Å². The van der Waals surface area contributed by atoms with Gasteiger partial charge in [-0.25, -0.2) is 19.4 Å². The number of hydrogen-bond donors (Lipinski definition) is 1. The number of rotatable bonds is 16. The van der Waals surface area contributed by atoms with Gasteiger partial charge in [0.1, 0.15) is 0 Å². The van der Waals surface area contributed by atoms with Gasteiger partial charge >= 0.3 is 0 Å². The van der Waals surface area contributed by atoms with Gasteiger partial charge < -0.3 is 14.8 Å². The highest BCUT2D eigenvalue weighted by molar-refractivity contribution is 5.40. The van der Waals surface area contributed by atoms with Crippen LogP contribution >= 0.6 is 0 Å². The summed E-state index contributed by atoms with van der Waals surface area (Å²) in [5, 5.41) is 5.01. The summed E-state index contributed by atoms with van der Waals surface area (Å²) in [6.07, 6.45) is 3.11. The molecule has 1 aromatic heterocycles. The number of aromatic nitrogens is 3. The Kier molecular flexibility index (Phi) is 12.3. The lowest BCUT2D eigenvalue weighted by Gasteiger charge is -2.23. The molecule has 0 aliphatic rings. The Labute approximate surface area is 165 Å². The molecule has 0 unspecified atom stereocenters. The normalized spacial score (nSPS) is 11.1. The van der Waals surface area contributed by atoms with Crippen molar-refractivity contribution in [1.82, 2.24) is 15.0 Å². The Bertz CT molecular complexity index is 492. The predicted octanol–water partition coefficient (Wildman–Crippen LogP) is 2.06. The molecule has 0 fully saturated rings. The minimum absolute atomic E-state index is 0.0671. The first-order valence-electron chi connectivity index (χ1n) is 9.15. The van der Waals surface area contributed by atoms with E-state index in [4.69, 9.17) is 28.8 Å². The molecule has 1 N–H and O–H groups in total. The third-order valence-corrected chi connectivity index (χ3v) is 3.38. The number of ether oxygens (including phenoxy) is 2. The second kappa shape index (κ2) is 14.2. The predicted molar refractivity (Wildman–Crippen MR) is 102 cm³/mol. The maximum atomic E-state index is 5.75. The van der Waals surface area contributed by atoms with Gasteiger partial charge in [0.2, 0.25) is 12.4 Å². The van der Waals surface area contributed by atoms with Crippen LogP contribution in [0.25, 0.3) is 0 Å². The second-order valence-electron chi connectivity index (χ2n) is 5.43. The summed E-state index contributed by atoms with van der Waals surface area (Å²) in [6.45, 7) is 5.25. The molecule has 0 aliphatic carbocycles. The third-order valence-electron chi connectivity index (χ3n) is 3.38. The van der Waals surface area contributed by atoms with E-state index < -0.39 is 6.41 Å². The van der Waals surface area contributed by atoms with Gasteiger partial charge in [0.25, 0.3) is 11.9 Å². The van der Waals surface area contributed by atoms with Crippen LogP contribution in [0.15, 0.2) is 0 Å². The Morgan fingerprint density at radius 2 is 1.18 bits per heavy atom. The topological polar surface area (TPSA) is 113 Å². The van der Waals surface area contributed by atoms with Gasteiger partial charge in [0.15, 0.2) is 0 Å². The molecule has 12 nitrogen and oxygen atoms in total. The molecule has 0 saturated carbocycles. The highest BCUT2D eigenvalue weighted by Gasteiger charge is 2.20. The van der Waals surface area contributed by atoms with Crippen molar-refractivity contribution in [3.8, 4) is 0 Å². The summed E-state index contributed by atoms with van der Waals surface area (Å²) in [5.74, 6) is 0.297. The van der Waals surface area contributed by atoms with Crippen molar-refractivity contribution < 1.29 is 28.8 Å². The number of unbranched alkanes of at least 4 members (excludes halogenated alkanes) is 2. The Morgan fingerprint density at radius 3 is 1.54 bits per heavy atom. The summed E-state index contributed by atoms with van der Waals surface area (Å²) in [6, 6.07) is 0. The average molecular weight is 404 g/mol. The van der Waals surface area contributed by atoms with Gasteiger partial charge in [-0.1, -0.05) is 37.1 Å². The molecule has 162 valence electrons. The van der Waals surface area contributed by atoms with Crippen molar-refractivity contribution in [2.75, 3.05) is 57.4 Å². The molecular weight excluding hydrogens is 372 g/mol. The lowest BCUT2D eigenvalue weighted by molar-refractivity contribution is -0.125. The van der Waals surface area contributed by atoms with Gasteiger partial charge in [-0.05, 0) is 12.8 Å². The van der Waals surface area contributed by atoms with E-state index in [1.807, 2.05) is 0 Å². The minimum atomic E-state index is -0.724. The molecule has 0 spiro atoms. The molecule has 1 rings (SSSR count). The van der Waals surface area contributed by atoms with Crippen molar-refractivity contribution >= 4 is 17.8 Å². The molecular formula is C16H32N6O6. The molecule has 0 aromatic carbocycles. The molecule has 1 heterocycles. The zero-order chi connectivity index (χ0) is 20.8. The Balaban J connectivity index is 3.07. The average Bonchev–Trinajstić information content (AvgIpc) is 2.70. The first-order valence-corrected chi connectivity index (χ1v) is 9.15. The zero-order valence-electron chi connectivity index (χ0n) is 17.5. The molecule has 12 heteroatoms. The maximum absolute atomic E-state index is 5.75. The SMILES string of the molecule is CCCCOC(Nc1nc(N(OC)OC)nc(N(OC)OC)n1)OCCCC. The fraction of sp³-hybridized carbons (Fsp3) is 0.812. The van der Waals surface area contributed by atoms with Gasteiger partial charge in [-0.3, -0.25) is 0 Å². The van der Waals surface area contributed by atoms with E-state index in [2.05, 4.69) is 34.1 Å². The summed E-state index contributed by atoms with van der Waals surface area (Å²) >= 11 is 0. The highest BCUT2D eigenvalue weighted by Crippen LogP contribution is 2.18. The van der Waals surface area contributed by atoms with Gasteiger partial charge in [-0.15, -0.1) is 0 Å². The van der Waals surface area contributed by atoms with E-state index in [-0.39, 0.29) is 17.8 Å². The summed E-state index contributed by atoms with van der Waals surface area (Å²) < 4.78 is 11.5. The number of nitrogens with zero attached hydrogens (tertiary/aromatic N) is 5. The first-order chi connectivity index (χ1) is 13.6. The summed E-state index contributed by atoms with van der Waals surface area (Å²) in [5.41, 5.74) is 0. The fourth-order valence-corrected chi connectivity index (χ4v) is 1.96. The van der Waals surface area contributed by atoms with Crippen LogP contribution in [0.2, 0.25) is 0 Å². The molecule has 28 heavy (non-hydrogen) atoms. The Morgan fingerprint density at radius 1 is 0.750 bits per heavy atom. The van der Waals surface area contributed by atoms with E-state index >= 15 is 0 Å². The van der Waals surface area contributed by atoms with E-state index in [1.54, 1.807) is 0 Å². The van der Waals surface area contributed by atoms with Crippen molar-refractivity contribution in [2.24, 2.45) is 0 Å². The maximum Gasteiger partial charge on any atom is 0.284 e. The van der Waals surface area contributed by atoms with Gasteiger partial charge in [0, 0.05) is 0 Å². The van der Waals surface area contributed by atoms with Crippen LogP contribution in [0.4, 0.5) is 17.8 Å². The molecule has 0 radical (unpaired) electrons. The van der Waals surface area contributed by atoms with Gasteiger partial charge in [-0.2, -0.15) is 15.0 Å². The van der Waals surface area contributed by atoms with Crippen molar-refractivity contribution in [2.45, 2.75) is 45.9 Å². The monoisotopic (exact) mass is 404 g/mol. The van der Waals surface area contributed by atoms with E-state index in [0.29, 0.717) is 13.2 Å². The number of nitrogens with one attached hydrogen (secondary N) is 1. The van der Waals surface area contributed by atoms with Crippen LogP contribution in [-0.4, -0.2) is 63.0 Å². The standard InChI is InChI=1S/C16H32N6O6/c1-7-9-11-27-16(28-12-10-8-2)19-13-17-14(21(23-3)24-4)20-15(18-13)22(25-5)26-6/h16H,7-12H2,1-6H3,(H,17,18,19,20). The second-order valence-corrected chi connectivity index (χ2v) is 5.43. The molecule has 0 aliphatic heterocycles. The molecule has 1 aromatic rings. The molecule has 0 saturated heterocycles. The minimum Gasteiger partial charge on any atom is -0.335 e. The zero-order valence-corrected chi connectivity index (χ0v) is 17.5. The number of anilines is 3. The van der Waals surface area contributed by atoms with Crippen LogP contribution in [-0.2, 0) is 28.8 Å². The summed E-state index contributed by atoms with van der Waals surface area (Å²) in [7, 11) is 5.65. The fourth-order valence-electron chi connectivity index (χ4n) is 1.96. The van der Waals surface area contributed by atoms with Crippen LogP contribution in [0.1, 0.15) is 39.5 Å². The van der Waals surface area contributed by atoms with Crippen LogP contribution < -0.4 is 15.8 Å². The van der Waals surface area contributed by atoms with Gasteiger partial charge in [0.05, 0.1) is 41.7 Å². The van der Waals surface area contributed by atoms with E-state index in [9.17, 15) is 0 Å². The molecule has 0 bridgehead atoms. The first kappa shape index (κ1) is 24.2. The quantitative estimate of drug-likeness (QED) is 0.247. The molecule has 0 amide bonds. The van der Waals surface area contributed by atoms with Crippen LogP contribution in [0, 0.1) is 0 Å². The van der Waals surface area contributed by atoms with Crippen LogP contribution in [0.3, 0.4) is 0 Å². The number of hydrogen-bond acceptors (Lipinski definition) is 12.